The number of rotatable bonds is 6. The molecule has 0 saturated heterocycles. The summed E-state index contributed by atoms with van der Waals surface area (Å²) in [5, 5.41) is 5.32. The minimum absolute atomic E-state index is 0.0402. The van der Waals surface area contributed by atoms with Gasteiger partial charge in [-0.3, -0.25) is 9.59 Å². The van der Waals surface area contributed by atoms with E-state index in [0.29, 0.717) is 0 Å². The van der Waals surface area contributed by atoms with E-state index in [4.69, 9.17) is 0 Å². The van der Waals surface area contributed by atoms with Gasteiger partial charge in [-0.05, 0) is 35.4 Å². The van der Waals surface area contributed by atoms with Gasteiger partial charge in [-0.25, -0.2) is 0 Å². The quantitative estimate of drug-likeness (QED) is 0.633. The second kappa shape index (κ2) is 9.26. The van der Waals surface area contributed by atoms with Crippen molar-refractivity contribution < 1.29 is 22.8 Å². The molecule has 0 heterocycles. The average molecular weight is 412 g/mol. The van der Waals surface area contributed by atoms with Crippen LogP contribution in [-0.4, -0.2) is 18.4 Å². The summed E-state index contributed by atoms with van der Waals surface area (Å²) in [5.74, 6) is -1.05. The van der Waals surface area contributed by atoms with Crippen molar-refractivity contribution in [3.05, 3.63) is 107 Å². The first-order valence-electron chi connectivity index (χ1n) is 9.19. The summed E-state index contributed by atoms with van der Waals surface area (Å²) in [4.78, 5) is 24.6. The van der Waals surface area contributed by atoms with Crippen molar-refractivity contribution in [2.75, 3.05) is 6.54 Å². The molecule has 7 heteroatoms. The summed E-state index contributed by atoms with van der Waals surface area (Å²) in [7, 11) is 0. The summed E-state index contributed by atoms with van der Waals surface area (Å²) >= 11 is 0. The van der Waals surface area contributed by atoms with Crippen LogP contribution in [0.2, 0.25) is 0 Å². The number of benzene rings is 3. The third-order valence-corrected chi connectivity index (χ3v) is 4.46. The SMILES string of the molecule is O=C(CNC(=O)c1ccc(C(F)(F)F)cc1)NC(c1ccccc1)c1ccccc1. The molecule has 154 valence electrons. The number of carbonyl (C=O) groups is 2. The Morgan fingerprint density at radius 2 is 1.27 bits per heavy atom. The molecule has 3 aromatic carbocycles. The number of hydrogen-bond acceptors (Lipinski definition) is 2. The van der Waals surface area contributed by atoms with Gasteiger partial charge in [0, 0.05) is 5.56 Å². The molecular weight excluding hydrogens is 393 g/mol. The Hall–Kier alpha value is -3.61. The first-order chi connectivity index (χ1) is 14.3. The summed E-state index contributed by atoms with van der Waals surface area (Å²) < 4.78 is 37.9. The number of nitrogens with one attached hydrogen (secondary N) is 2. The Bertz CT molecular complexity index is 949. The van der Waals surface area contributed by atoms with Gasteiger partial charge in [0.1, 0.15) is 0 Å². The van der Waals surface area contributed by atoms with E-state index >= 15 is 0 Å². The molecule has 4 nitrogen and oxygen atoms in total. The average Bonchev–Trinajstić information content (AvgIpc) is 2.76. The van der Waals surface area contributed by atoms with E-state index in [1.807, 2.05) is 60.7 Å². The van der Waals surface area contributed by atoms with Crippen LogP contribution in [0, 0.1) is 0 Å². The Labute approximate surface area is 171 Å². The molecule has 0 unspecified atom stereocenters. The highest BCUT2D eigenvalue weighted by atomic mass is 19.4. The molecule has 0 atom stereocenters. The maximum absolute atomic E-state index is 12.6. The summed E-state index contributed by atoms with van der Waals surface area (Å²) in [6, 6.07) is 22.2. The van der Waals surface area contributed by atoms with Gasteiger partial charge in [0.15, 0.2) is 0 Å². The lowest BCUT2D eigenvalue weighted by molar-refractivity contribution is -0.137. The van der Waals surface area contributed by atoms with Crippen LogP contribution in [0.4, 0.5) is 13.2 Å². The number of hydrogen-bond donors (Lipinski definition) is 2. The highest BCUT2D eigenvalue weighted by molar-refractivity contribution is 5.96. The fourth-order valence-corrected chi connectivity index (χ4v) is 2.94. The van der Waals surface area contributed by atoms with E-state index < -0.39 is 29.6 Å². The lowest BCUT2D eigenvalue weighted by atomic mass is 9.99. The normalized spacial score (nSPS) is 11.2. The van der Waals surface area contributed by atoms with Crippen LogP contribution in [0.1, 0.15) is 33.1 Å². The van der Waals surface area contributed by atoms with E-state index in [1.165, 1.54) is 0 Å². The van der Waals surface area contributed by atoms with Gasteiger partial charge in [-0.15, -0.1) is 0 Å². The van der Waals surface area contributed by atoms with Gasteiger partial charge < -0.3 is 10.6 Å². The molecule has 2 N–H and O–H groups in total. The zero-order valence-electron chi connectivity index (χ0n) is 15.8. The highest BCUT2D eigenvalue weighted by Crippen LogP contribution is 2.29. The van der Waals surface area contributed by atoms with Crippen molar-refractivity contribution in [2.24, 2.45) is 0 Å². The standard InChI is InChI=1S/C23H19F3N2O2/c24-23(25,26)19-13-11-18(12-14-19)22(30)27-15-20(29)28-21(16-7-3-1-4-8-16)17-9-5-2-6-10-17/h1-14,21H,15H2,(H,27,30)(H,28,29). The van der Waals surface area contributed by atoms with Crippen molar-refractivity contribution >= 4 is 11.8 Å². The maximum atomic E-state index is 12.6. The molecule has 0 aliphatic rings. The summed E-state index contributed by atoms with van der Waals surface area (Å²) in [6.07, 6.45) is -4.47. The van der Waals surface area contributed by atoms with E-state index in [9.17, 15) is 22.8 Å². The van der Waals surface area contributed by atoms with Gasteiger partial charge in [0.05, 0.1) is 18.2 Å². The monoisotopic (exact) mass is 412 g/mol. The third-order valence-electron chi connectivity index (χ3n) is 4.46. The molecule has 0 bridgehead atoms. The zero-order chi connectivity index (χ0) is 21.6. The van der Waals surface area contributed by atoms with Crippen LogP contribution < -0.4 is 10.6 Å². The van der Waals surface area contributed by atoms with Gasteiger partial charge in [0.2, 0.25) is 5.91 Å². The third kappa shape index (κ3) is 5.47. The largest absolute Gasteiger partial charge is 0.416 e. The highest BCUT2D eigenvalue weighted by Gasteiger charge is 2.30. The smallest absolute Gasteiger partial charge is 0.344 e. The number of amides is 2. The molecule has 0 saturated carbocycles. The van der Waals surface area contributed by atoms with Gasteiger partial charge in [0.25, 0.3) is 5.91 Å². The molecule has 3 aromatic rings. The first kappa shape index (κ1) is 21.1. The fourth-order valence-electron chi connectivity index (χ4n) is 2.94. The summed E-state index contributed by atoms with van der Waals surface area (Å²) in [5.41, 5.74) is 0.959. The van der Waals surface area contributed by atoms with Gasteiger partial charge in [-0.1, -0.05) is 60.7 Å². The van der Waals surface area contributed by atoms with E-state index in [2.05, 4.69) is 10.6 Å². The van der Waals surface area contributed by atoms with Crippen LogP contribution in [0.5, 0.6) is 0 Å². The van der Waals surface area contributed by atoms with E-state index in [-0.39, 0.29) is 12.1 Å². The number of carbonyl (C=O) groups excluding carboxylic acids is 2. The van der Waals surface area contributed by atoms with E-state index in [1.54, 1.807) is 0 Å². The lowest BCUT2D eigenvalue weighted by Gasteiger charge is -2.20. The number of alkyl halides is 3. The molecule has 0 spiro atoms. The molecule has 2 amide bonds. The second-order valence-electron chi connectivity index (χ2n) is 6.58. The summed E-state index contributed by atoms with van der Waals surface area (Å²) in [6.45, 7) is -0.310. The van der Waals surface area contributed by atoms with Crippen LogP contribution in [0.25, 0.3) is 0 Å². The van der Waals surface area contributed by atoms with Crippen LogP contribution in [0.15, 0.2) is 84.9 Å². The van der Waals surface area contributed by atoms with Crippen LogP contribution in [0.3, 0.4) is 0 Å². The zero-order valence-corrected chi connectivity index (χ0v) is 15.8. The molecule has 3 rings (SSSR count). The van der Waals surface area contributed by atoms with Crippen LogP contribution >= 0.6 is 0 Å². The second-order valence-corrected chi connectivity index (χ2v) is 6.58. The fraction of sp³-hybridized carbons (Fsp3) is 0.130. The van der Waals surface area contributed by atoms with Crippen molar-refractivity contribution in [1.82, 2.24) is 10.6 Å². The van der Waals surface area contributed by atoms with Gasteiger partial charge in [-0.2, -0.15) is 13.2 Å². The van der Waals surface area contributed by atoms with Crippen molar-refractivity contribution in [3.8, 4) is 0 Å². The molecule has 0 aliphatic heterocycles. The predicted octanol–water partition coefficient (Wildman–Crippen LogP) is 4.34. The molecular formula is C23H19F3N2O2. The van der Waals surface area contributed by atoms with Crippen molar-refractivity contribution in [2.45, 2.75) is 12.2 Å². The van der Waals surface area contributed by atoms with Crippen LogP contribution in [-0.2, 0) is 11.0 Å². The molecule has 0 aliphatic carbocycles. The van der Waals surface area contributed by atoms with Crippen molar-refractivity contribution in [3.63, 3.8) is 0 Å². The molecule has 0 radical (unpaired) electrons. The minimum Gasteiger partial charge on any atom is -0.344 e. The predicted molar refractivity (Wildman–Crippen MR) is 107 cm³/mol. The molecule has 30 heavy (non-hydrogen) atoms. The Morgan fingerprint density at radius 3 is 1.73 bits per heavy atom. The Balaban J connectivity index is 1.64. The Morgan fingerprint density at radius 1 is 0.767 bits per heavy atom. The van der Waals surface area contributed by atoms with Gasteiger partial charge >= 0.3 is 6.18 Å². The first-order valence-corrected chi connectivity index (χ1v) is 9.19. The lowest BCUT2D eigenvalue weighted by Crippen LogP contribution is -2.39. The topological polar surface area (TPSA) is 58.2 Å². The molecule has 0 fully saturated rings. The Kier molecular flexibility index (Phi) is 6.51. The van der Waals surface area contributed by atoms with E-state index in [0.717, 1.165) is 35.4 Å². The van der Waals surface area contributed by atoms with Crippen molar-refractivity contribution in [1.29, 1.82) is 0 Å². The molecule has 0 aromatic heterocycles. The maximum Gasteiger partial charge on any atom is 0.416 e. The minimum atomic E-state index is -4.47. The number of halogens is 3.